The summed E-state index contributed by atoms with van der Waals surface area (Å²) >= 11 is 0. The second-order valence-corrected chi connectivity index (χ2v) is 5.63. The maximum absolute atomic E-state index is 12.2. The minimum absolute atomic E-state index is 0.211. The molecule has 124 valence electrons. The van der Waals surface area contributed by atoms with E-state index in [0.717, 1.165) is 5.82 Å². The molecule has 7 heteroatoms. The lowest BCUT2D eigenvalue weighted by Gasteiger charge is -2.09. The maximum atomic E-state index is 12.2. The highest BCUT2D eigenvalue weighted by molar-refractivity contribution is 6.01. The highest BCUT2D eigenvalue weighted by atomic mass is 16.5. The van der Waals surface area contributed by atoms with Crippen LogP contribution in [0, 0.1) is 0 Å². The fourth-order valence-electron chi connectivity index (χ4n) is 2.25. The van der Waals surface area contributed by atoms with Crippen LogP contribution < -0.4 is 15.4 Å². The molecule has 0 aliphatic heterocycles. The number of nitrogens with zero attached hydrogens (tertiary/aromatic N) is 3. The van der Waals surface area contributed by atoms with Gasteiger partial charge in [0.2, 0.25) is 0 Å². The molecule has 0 fully saturated rings. The normalized spacial score (nSPS) is 10.8. The second kappa shape index (κ2) is 6.57. The van der Waals surface area contributed by atoms with Gasteiger partial charge in [-0.1, -0.05) is 19.9 Å². The van der Waals surface area contributed by atoms with Crippen molar-refractivity contribution in [3.63, 3.8) is 0 Å². The van der Waals surface area contributed by atoms with Gasteiger partial charge in [0.05, 0.1) is 12.8 Å². The first-order chi connectivity index (χ1) is 11.6. The van der Waals surface area contributed by atoms with Crippen LogP contribution in [0.2, 0.25) is 0 Å². The van der Waals surface area contributed by atoms with Gasteiger partial charge >= 0.3 is 6.03 Å². The quantitative estimate of drug-likeness (QED) is 0.769. The Bertz CT molecular complexity index is 872. The lowest BCUT2D eigenvalue weighted by Crippen LogP contribution is -2.19. The van der Waals surface area contributed by atoms with E-state index in [4.69, 9.17) is 4.74 Å². The van der Waals surface area contributed by atoms with Crippen LogP contribution in [0.1, 0.15) is 25.6 Å². The third kappa shape index (κ3) is 3.29. The zero-order chi connectivity index (χ0) is 17.1. The van der Waals surface area contributed by atoms with Gasteiger partial charge in [-0.3, -0.25) is 0 Å². The average Bonchev–Trinajstić information content (AvgIpc) is 3.00. The third-order valence-electron chi connectivity index (χ3n) is 3.47. The number of amides is 2. The first-order valence-electron chi connectivity index (χ1n) is 7.64. The Morgan fingerprint density at radius 1 is 1.21 bits per heavy atom. The fraction of sp³-hybridized carbons (Fsp3) is 0.235. The van der Waals surface area contributed by atoms with Gasteiger partial charge in [-0.2, -0.15) is 5.10 Å². The van der Waals surface area contributed by atoms with Crippen LogP contribution in [-0.4, -0.2) is 27.7 Å². The largest absolute Gasteiger partial charge is 0.497 e. The fourth-order valence-corrected chi connectivity index (χ4v) is 2.25. The van der Waals surface area contributed by atoms with E-state index in [1.54, 1.807) is 36.0 Å². The van der Waals surface area contributed by atoms with Crippen molar-refractivity contribution >= 4 is 23.1 Å². The molecule has 7 nitrogen and oxygen atoms in total. The van der Waals surface area contributed by atoms with Crippen molar-refractivity contribution in [2.24, 2.45) is 0 Å². The molecule has 1 aromatic carbocycles. The highest BCUT2D eigenvalue weighted by Crippen LogP contribution is 2.20. The van der Waals surface area contributed by atoms with Crippen LogP contribution in [0.5, 0.6) is 5.75 Å². The molecule has 0 atom stereocenters. The maximum Gasteiger partial charge on any atom is 0.323 e. The molecule has 2 aromatic heterocycles. The van der Waals surface area contributed by atoms with E-state index in [1.807, 2.05) is 32.0 Å². The van der Waals surface area contributed by atoms with Crippen LogP contribution in [0.25, 0.3) is 5.65 Å². The molecule has 24 heavy (non-hydrogen) atoms. The minimum Gasteiger partial charge on any atom is -0.497 e. The summed E-state index contributed by atoms with van der Waals surface area (Å²) < 4.78 is 6.81. The average molecular weight is 325 g/mol. The predicted molar refractivity (Wildman–Crippen MR) is 92.7 cm³/mol. The van der Waals surface area contributed by atoms with Crippen LogP contribution in [0.3, 0.4) is 0 Å². The van der Waals surface area contributed by atoms with Gasteiger partial charge in [-0.05, 0) is 24.3 Å². The molecular weight excluding hydrogens is 306 g/mol. The Hall–Kier alpha value is -3.09. The van der Waals surface area contributed by atoms with E-state index in [2.05, 4.69) is 20.7 Å². The molecule has 0 bridgehead atoms. The molecule has 0 saturated carbocycles. The Labute approximate surface area is 139 Å². The van der Waals surface area contributed by atoms with Gasteiger partial charge < -0.3 is 15.4 Å². The molecule has 3 rings (SSSR count). The number of benzene rings is 1. The van der Waals surface area contributed by atoms with Gasteiger partial charge in [0.15, 0.2) is 11.5 Å². The standard InChI is InChI=1S/C17H19N5O2/c1-11(2)15-20-16-14(8-5-9-22(16)21-15)19-17(23)18-12-6-4-7-13(10-12)24-3/h4-11H,1-3H3,(H2,18,19,23). The van der Waals surface area contributed by atoms with E-state index < -0.39 is 0 Å². The first kappa shape index (κ1) is 15.8. The lowest BCUT2D eigenvalue weighted by atomic mass is 10.2. The van der Waals surface area contributed by atoms with E-state index in [9.17, 15) is 4.79 Å². The number of methoxy groups -OCH3 is 1. The molecule has 0 spiro atoms. The van der Waals surface area contributed by atoms with Crippen molar-refractivity contribution < 1.29 is 9.53 Å². The van der Waals surface area contributed by atoms with Crippen molar-refractivity contribution in [3.8, 4) is 5.75 Å². The molecule has 3 aromatic rings. The number of carbonyl (C=O) groups is 1. The van der Waals surface area contributed by atoms with Crippen molar-refractivity contribution in [2.75, 3.05) is 17.7 Å². The predicted octanol–water partition coefficient (Wildman–Crippen LogP) is 3.51. The number of carbonyl (C=O) groups excluding carboxylic acids is 1. The topological polar surface area (TPSA) is 80.5 Å². The van der Waals surface area contributed by atoms with Crippen LogP contribution in [0.15, 0.2) is 42.6 Å². The second-order valence-electron chi connectivity index (χ2n) is 5.63. The number of pyridine rings is 1. The lowest BCUT2D eigenvalue weighted by molar-refractivity contribution is 0.262. The summed E-state index contributed by atoms with van der Waals surface area (Å²) in [5, 5.41) is 9.98. The third-order valence-corrected chi connectivity index (χ3v) is 3.47. The number of urea groups is 1. The minimum atomic E-state index is -0.356. The molecule has 0 aliphatic rings. The number of nitrogens with one attached hydrogen (secondary N) is 2. The number of aromatic nitrogens is 3. The first-order valence-corrected chi connectivity index (χ1v) is 7.64. The SMILES string of the molecule is COc1cccc(NC(=O)Nc2cccn3nc(C(C)C)nc23)c1. The van der Waals surface area contributed by atoms with E-state index in [1.165, 1.54) is 0 Å². The van der Waals surface area contributed by atoms with Crippen molar-refractivity contribution in [1.82, 2.24) is 14.6 Å². The summed E-state index contributed by atoms with van der Waals surface area (Å²) in [5.74, 6) is 1.62. The van der Waals surface area contributed by atoms with Gasteiger partial charge in [-0.25, -0.2) is 14.3 Å². The number of rotatable bonds is 4. The van der Waals surface area contributed by atoms with Crippen molar-refractivity contribution in [1.29, 1.82) is 0 Å². The Morgan fingerprint density at radius 2 is 2.04 bits per heavy atom. The summed E-state index contributed by atoms with van der Waals surface area (Å²) in [4.78, 5) is 16.7. The number of hydrogen-bond donors (Lipinski definition) is 2. The monoisotopic (exact) mass is 325 g/mol. The van der Waals surface area contributed by atoms with Gasteiger partial charge in [0.25, 0.3) is 0 Å². The summed E-state index contributed by atoms with van der Waals surface area (Å²) in [6.45, 7) is 4.05. The summed E-state index contributed by atoms with van der Waals surface area (Å²) in [6, 6.07) is 10.4. The Morgan fingerprint density at radius 3 is 2.79 bits per heavy atom. The van der Waals surface area contributed by atoms with E-state index in [-0.39, 0.29) is 11.9 Å². The number of fused-ring (bicyclic) bond motifs is 1. The van der Waals surface area contributed by atoms with Crippen LogP contribution in [0.4, 0.5) is 16.2 Å². The zero-order valence-electron chi connectivity index (χ0n) is 13.8. The number of anilines is 2. The zero-order valence-corrected chi connectivity index (χ0v) is 13.8. The molecular formula is C17H19N5O2. The highest BCUT2D eigenvalue weighted by Gasteiger charge is 2.12. The molecule has 0 aliphatic carbocycles. The van der Waals surface area contributed by atoms with Gasteiger partial charge in [0, 0.05) is 23.9 Å². The smallest absolute Gasteiger partial charge is 0.323 e. The molecule has 0 radical (unpaired) electrons. The number of ether oxygens (including phenoxy) is 1. The Kier molecular flexibility index (Phi) is 4.33. The van der Waals surface area contributed by atoms with E-state index in [0.29, 0.717) is 22.8 Å². The van der Waals surface area contributed by atoms with Crippen molar-refractivity contribution in [3.05, 3.63) is 48.4 Å². The van der Waals surface area contributed by atoms with Gasteiger partial charge in [0.1, 0.15) is 5.75 Å². The molecule has 0 saturated heterocycles. The summed E-state index contributed by atoms with van der Waals surface area (Å²) in [5.41, 5.74) is 1.85. The number of hydrogen-bond acceptors (Lipinski definition) is 4. The van der Waals surface area contributed by atoms with Crippen LogP contribution >= 0.6 is 0 Å². The summed E-state index contributed by atoms with van der Waals surface area (Å²) in [7, 11) is 1.58. The van der Waals surface area contributed by atoms with Crippen LogP contribution in [-0.2, 0) is 0 Å². The van der Waals surface area contributed by atoms with E-state index >= 15 is 0 Å². The van der Waals surface area contributed by atoms with Crippen molar-refractivity contribution in [2.45, 2.75) is 19.8 Å². The molecule has 2 N–H and O–H groups in total. The summed E-state index contributed by atoms with van der Waals surface area (Å²) in [6.07, 6.45) is 1.80. The molecule has 2 heterocycles. The van der Waals surface area contributed by atoms with Gasteiger partial charge in [-0.15, -0.1) is 0 Å². The Balaban J connectivity index is 1.80. The molecule has 0 unspecified atom stereocenters. The molecule has 2 amide bonds.